The normalized spacial score (nSPS) is 26.1. The highest BCUT2D eigenvalue weighted by Gasteiger charge is 2.40. The molecule has 3 amide bonds. The fourth-order valence-corrected chi connectivity index (χ4v) is 2.71. The van der Waals surface area contributed by atoms with Gasteiger partial charge < -0.3 is 10.6 Å². The third-order valence-corrected chi connectivity index (χ3v) is 3.63. The van der Waals surface area contributed by atoms with E-state index < -0.39 is 6.04 Å². The summed E-state index contributed by atoms with van der Waals surface area (Å²) in [5.41, 5.74) is 0. The first kappa shape index (κ1) is 16.9. The van der Waals surface area contributed by atoms with Gasteiger partial charge in [0.25, 0.3) is 5.91 Å². The van der Waals surface area contributed by atoms with Gasteiger partial charge in [-0.3, -0.25) is 19.3 Å². The number of carbonyl (C=O) groups excluding carboxylic acids is 3. The number of imide groups is 1. The van der Waals surface area contributed by atoms with E-state index in [9.17, 15) is 14.4 Å². The van der Waals surface area contributed by atoms with Gasteiger partial charge in [0.05, 0.1) is 6.42 Å². The molecule has 6 nitrogen and oxygen atoms in total. The minimum atomic E-state index is -0.677. The molecule has 2 atom stereocenters. The number of hydrogen-bond acceptors (Lipinski definition) is 4. The predicted molar refractivity (Wildman–Crippen MR) is 76.4 cm³/mol. The molecule has 0 saturated carbocycles. The summed E-state index contributed by atoms with van der Waals surface area (Å²) in [6.07, 6.45) is 2.53. The van der Waals surface area contributed by atoms with E-state index in [-0.39, 0.29) is 48.6 Å². The third-order valence-electron chi connectivity index (χ3n) is 3.63. The van der Waals surface area contributed by atoms with Crippen molar-refractivity contribution in [3.63, 3.8) is 0 Å². The maximum absolute atomic E-state index is 12.0. The maximum Gasteiger partial charge on any atom is 0.252 e. The predicted octanol–water partition coefficient (Wildman–Crippen LogP) is 0.202. The van der Waals surface area contributed by atoms with Crippen LogP contribution in [0, 0.1) is 0 Å². The molecule has 2 rings (SSSR count). The molecule has 114 valence electrons. The summed E-state index contributed by atoms with van der Waals surface area (Å²) in [4.78, 5) is 36.8. The lowest BCUT2D eigenvalue weighted by atomic mass is 10.1. The van der Waals surface area contributed by atoms with Gasteiger partial charge in [0.1, 0.15) is 6.04 Å². The van der Waals surface area contributed by atoms with Crippen molar-refractivity contribution in [2.75, 3.05) is 6.54 Å². The Hall–Kier alpha value is -1.14. The SMILES string of the molecule is CC(C)N1C(=O)CC(NC(=O)CC2CCCN2)C1=O.Cl. The summed E-state index contributed by atoms with van der Waals surface area (Å²) in [5.74, 6) is -0.645. The Balaban J connectivity index is 0.00000200. The minimum absolute atomic E-state index is 0. The molecule has 2 fully saturated rings. The molecule has 2 aliphatic rings. The largest absolute Gasteiger partial charge is 0.344 e. The van der Waals surface area contributed by atoms with Crippen LogP contribution >= 0.6 is 12.4 Å². The van der Waals surface area contributed by atoms with E-state index in [0.29, 0.717) is 6.42 Å². The Morgan fingerprint density at radius 3 is 2.65 bits per heavy atom. The van der Waals surface area contributed by atoms with Gasteiger partial charge in [-0.25, -0.2) is 0 Å². The smallest absolute Gasteiger partial charge is 0.252 e. The van der Waals surface area contributed by atoms with Crippen molar-refractivity contribution in [1.29, 1.82) is 0 Å². The standard InChI is InChI=1S/C13H21N3O3.ClH/c1-8(2)16-12(18)7-10(13(16)19)15-11(17)6-9-4-3-5-14-9;/h8-10,14H,3-7H2,1-2H3,(H,15,17);1H. The third kappa shape index (κ3) is 3.70. The van der Waals surface area contributed by atoms with Crippen molar-refractivity contribution in [2.24, 2.45) is 0 Å². The van der Waals surface area contributed by atoms with Crippen LogP contribution in [0.1, 0.15) is 39.5 Å². The molecule has 0 radical (unpaired) electrons. The molecule has 0 aromatic rings. The van der Waals surface area contributed by atoms with Crippen LogP contribution in [-0.4, -0.2) is 47.3 Å². The highest BCUT2D eigenvalue weighted by molar-refractivity contribution is 6.07. The molecular formula is C13H22ClN3O3. The van der Waals surface area contributed by atoms with Crippen LogP contribution in [0.4, 0.5) is 0 Å². The van der Waals surface area contributed by atoms with Crippen LogP contribution in [0.25, 0.3) is 0 Å². The molecule has 0 bridgehead atoms. The van der Waals surface area contributed by atoms with Gasteiger partial charge in [-0.05, 0) is 33.2 Å². The van der Waals surface area contributed by atoms with Crippen molar-refractivity contribution in [3.05, 3.63) is 0 Å². The molecule has 2 aliphatic heterocycles. The molecule has 0 aromatic carbocycles. The number of amides is 3. The second kappa shape index (κ2) is 7.04. The second-order valence-electron chi connectivity index (χ2n) is 5.52. The highest BCUT2D eigenvalue weighted by Crippen LogP contribution is 2.16. The van der Waals surface area contributed by atoms with Crippen molar-refractivity contribution in [2.45, 2.75) is 57.7 Å². The number of nitrogens with zero attached hydrogens (tertiary/aromatic N) is 1. The summed E-state index contributed by atoms with van der Waals surface area (Å²) in [7, 11) is 0. The molecule has 20 heavy (non-hydrogen) atoms. The number of hydrogen-bond donors (Lipinski definition) is 2. The Kier molecular flexibility index (Phi) is 5.95. The molecular weight excluding hydrogens is 282 g/mol. The molecule has 2 heterocycles. The Morgan fingerprint density at radius 2 is 2.15 bits per heavy atom. The molecule has 2 unspecified atom stereocenters. The van der Waals surface area contributed by atoms with Crippen molar-refractivity contribution >= 4 is 30.1 Å². The molecule has 0 spiro atoms. The van der Waals surface area contributed by atoms with Gasteiger partial charge in [-0.1, -0.05) is 0 Å². The van der Waals surface area contributed by atoms with Crippen LogP contribution in [0.2, 0.25) is 0 Å². The van der Waals surface area contributed by atoms with Crippen LogP contribution in [-0.2, 0) is 14.4 Å². The van der Waals surface area contributed by atoms with Gasteiger partial charge in [-0.15, -0.1) is 12.4 Å². The van der Waals surface area contributed by atoms with Crippen molar-refractivity contribution in [3.8, 4) is 0 Å². The van der Waals surface area contributed by atoms with Crippen LogP contribution in [0.5, 0.6) is 0 Å². The van der Waals surface area contributed by atoms with Gasteiger partial charge in [0, 0.05) is 18.5 Å². The summed E-state index contributed by atoms with van der Waals surface area (Å²) in [6, 6.07) is -0.629. The van der Waals surface area contributed by atoms with E-state index in [4.69, 9.17) is 0 Å². The average molecular weight is 304 g/mol. The van der Waals surface area contributed by atoms with Crippen LogP contribution < -0.4 is 10.6 Å². The summed E-state index contributed by atoms with van der Waals surface area (Å²) in [5, 5.41) is 5.92. The zero-order valence-electron chi connectivity index (χ0n) is 11.8. The van der Waals surface area contributed by atoms with Gasteiger partial charge in [0.15, 0.2) is 0 Å². The van der Waals surface area contributed by atoms with E-state index in [1.54, 1.807) is 13.8 Å². The quantitative estimate of drug-likeness (QED) is 0.727. The Labute approximate surface area is 125 Å². The molecule has 2 N–H and O–H groups in total. The lowest BCUT2D eigenvalue weighted by Crippen LogP contribution is -2.44. The topological polar surface area (TPSA) is 78.5 Å². The summed E-state index contributed by atoms with van der Waals surface area (Å²) < 4.78 is 0. The van der Waals surface area contributed by atoms with E-state index in [1.807, 2.05) is 0 Å². The molecule has 7 heteroatoms. The maximum atomic E-state index is 12.0. The van der Waals surface area contributed by atoms with Crippen molar-refractivity contribution < 1.29 is 14.4 Å². The Bertz CT molecular complexity index is 394. The van der Waals surface area contributed by atoms with Crippen LogP contribution in [0.3, 0.4) is 0 Å². The number of halogens is 1. The first-order valence-electron chi connectivity index (χ1n) is 6.87. The van der Waals surface area contributed by atoms with Gasteiger partial charge >= 0.3 is 0 Å². The average Bonchev–Trinajstić information content (AvgIpc) is 2.88. The van der Waals surface area contributed by atoms with Crippen molar-refractivity contribution in [1.82, 2.24) is 15.5 Å². The Morgan fingerprint density at radius 1 is 1.45 bits per heavy atom. The lowest BCUT2D eigenvalue weighted by Gasteiger charge is -2.19. The van der Waals surface area contributed by atoms with E-state index in [1.165, 1.54) is 4.90 Å². The first-order chi connectivity index (χ1) is 8.99. The fraction of sp³-hybridized carbons (Fsp3) is 0.769. The summed E-state index contributed by atoms with van der Waals surface area (Å²) in [6.45, 7) is 4.53. The number of nitrogens with one attached hydrogen (secondary N) is 2. The van der Waals surface area contributed by atoms with E-state index in [2.05, 4.69) is 10.6 Å². The zero-order valence-corrected chi connectivity index (χ0v) is 12.7. The number of likely N-dealkylation sites (tertiary alicyclic amines) is 1. The molecule has 0 aliphatic carbocycles. The fourth-order valence-electron chi connectivity index (χ4n) is 2.71. The first-order valence-corrected chi connectivity index (χ1v) is 6.87. The number of rotatable bonds is 4. The molecule has 0 aromatic heterocycles. The van der Waals surface area contributed by atoms with E-state index in [0.717, 1.165) is 19.4 Å². The van der Waals surface area contributed by atoms with Gasteiger partial charge in [0.2, 0.25) is 11.8 Å². The lowest BCUT2D eigenvalue weighted by molar-refractivity contribution is -0.141. The highest BCUT2D eigenvalue weighted by atomic mass is 35.5. The monoisotopic (exact) mass is 303 g/mol. The zero-order chi connectivity index (χ0) is 14.0. The molecule has 2 saturated heterocycles. The minimum Gasteiger partial charge on any atom is -0.344 e. The van der Waals surface area contributed by atoms with E-state index >= 15 is 0 Å². The summed E-state index contributed by atoms with van der Waals surface area (Å²) >= 11 is 0. The van der Waals surface area contributed by atoms with Gasteiger partial charge in [-0.2, -0.15) is 0 Å². The van der Waals surface area contributed by atoms with Crippen LogP contribution in [0.15, 0.2) is 0 Å². The second-order valence-corrected chi connectivity index (χ2v) is 5.52. The number of carbonyl (C=O) groups is 3.